The van der Waals surface area contributed by atoms with Gasteiger partial charge in [0.2, 0.25) is 5.91 Å². The third-order valence-corrected chi connectivity index (χ3v) is 6.53. The van der Waals surface area contributed by atoms with Gasteiger partial charge in [-0.2, -0.15) is 0 Å². The fraction of sp³-hybridized carbons (Fsp3) is 0.304. The van der Waals surface area contributed by atoms with E-state index in [4.69, 9.17) is 0 Å². The molecule has 1 amide bonds. The number of amides is 1. The van der Waals surface area contributed by atoms with Gasteiger partial charge in [-0.25, -0.2) is 0 Å². The van der Waals surface area contributed by atoms with Gasteiger partial charge in [0.1, 0.15) is 0 Å². The Kier molecular flexibility index (Phi) is 5.17. The average molecular weight is 470 g/mol. The number of halogens is 1. The summed E-state index contributed by atoms with van der Waals surface area (Å²) in [4.78, 5) is 19.2. The fourth-order valence-electron chi connectivity index (χ4n) is 4.14. The minimum Gasteiger partial charge on any atom is -0.306 e. The van der Waals surface area contributed by atoms with Crippen LogP contribution in [0.3, 0.4) is 0 Å². The molecule has 0 unspecified atom stereocenters. The molecule has 0 spiro atoms. The smallest absolute Gasteiger partial charge is 0.229 e. The molecule has 3 aromatic rings. The second-order valence-electron chi connectivity index (χ2n) is 7.36. The predicted octanol–water partition coefficient (Wildman–Crippen LogP) is 5.52. The van der Waals surface area contributed by atoms with Gasteiger partial charge in [-0.05, 0) is 65.6 Å². The summed E-state index contributed by atoms with van der Waals surface area (Å²) < 4.78 is 1.16. The lowest BCUT2D eigenvalue weighted by Gasteiger charge is -2.45. The lowest BCUT2D eigenvalue weighted by Crippen LogP contribution is -2.57. The van der Waals surface area contributed by atoms with Crippen LogP contribution in [0.4, 0.5) is 5.69 Å². The molecule has 4 heteroatoms. The number of carbonyl (C=O) groups excluding carboxylic acids is 1. The first-order valence-corrected chi connectivity index (χ1v) is 10.6. The number of nitrogens with zero attached hydrogens (tertiary/aromatic N) is 2. The van der Waals surface area contributed by atoms with Crippen molar-refractivity contribution in [3.63, 3.8) is 0 Å². The number of hydrogen-bond donors (Lipinski definition) is 0. The topological polar surface area (TPSA) is 33.2 Å². The van der Waals surface area contributed by atoms with Crippen molar-refractivity contribution in [2.75, 3.05) is 4.90 Å². The molecule has 3 nitrogen and oxygen atoms in total. The molecule has 138 valence electrons. The first-order chi connectivity index (χ1) is 13.1. The maximum absolute atomic E-state index is 12.6. The summed E-state index contributed by atoms with van der Waals surface area (Å²) in [6.07, 6.45) is 4.50. The van der Waals surface area contributed by atoms with Crippen molar-refractivity contribution in [1.82, 2.24) is 4.98 Å². The second kappa shape index (κ2) is 7.58. The molecule has 1 aliphatic rings. The SMILES string of the molecule is CC[C@@H](Cc1cccc(C)c1)[C@H]1CC(=O)N1c1ccc(I)c2cccnc12. The first-order valence-electron chi connectivity index (χ1n) is 9.49. The van der Waals surface area contributed by atoms with E-state index in [-0.39, 0.29) is 11.9 Å². The van der Waals surface area contributed by atoms with Gasteiger partial charge in [0.25, 0.3) is 0 Å². The summed E-state index contributed by atoms with van der Waals surface area (Å²) in [5.74, 6) is 0.651. The van der Waals surface area contributed by atoms with Crippen LogP contribution in [-0.2, 0) is 11.2 Å². The number of hydrogen-bond acceptors (Lipinski definition) is 2. The van der Waals surface area contributed by atoms with E-state index in [1.54, 1.807) is 0 Å². The predicted molar refractivity (Wildman–Crippen MR) is 119 cm³/mol. The van der Waals surface area contributed by atoms with Gasteiger partial charge in [-0.15, -0.1) is 0 Å². The highest BCUT2D eigenvalue weighted by atomic mass is 127. The van der Waals surface area contributed by atoms with Crippen LogP contribution in [0.1, 0.15) is 30.9 Å². The van der Waals surface area contributed by atoms with Crippen LogP contribution in [-0.4, -0.2) is 16.9 Å². The molecule has 0 saturated carbocycles. The average Bonchev–Trinajstić information content (AvgIpc) is 2.67. The van der Waals surface area contributed by atoms with Gasteiger partial charge in [0.05, 0.1) is 11.2 Å². The highest BCUT2D eigenvalue weighted by Crippen LogP contribution is 2.39. The van der Waals surface area contributed by atoms with Crippen molar-refractivity contribution < 1.29 is 4.79 Å². The Bertz CT molecular complexity index is 1000. The van der Waals surface area contributed by atoms with Crippen molar-refractivity contribution >= 4 is 45.1 Å². The zero-order valence-electron chi connectivity index (χ0n) is 15.7. The molecule has 0 bridgehead atoms. The molecule has 1 aromatic heterocycles. The second-order valence-corrected chi connectivity index (χ2v) is 8.52. The molecule has 27 heavy (non-hydrogen) atoms. The number of β-lactam (4-membered cyclic amide) rings is 1. The summed E-state index contributed by atoms with van der Waals surface area (Å²) in [5.41, 5.74) is 4.52. The number of aromatic nitrogens is 1. The van der Waals surface area contributed by atoms with E-state index in [2.05, 4.69) is 83.9 Å². The zero-order valence-corrected chi connectivity index (χ0v) is 17.8. The van der Waals surface area contributed by atoms with Crippen LogP contribution >= 0.6 is 22.6 Å². The summed E-state index contributed by atoms with van der Waals surface area (Å²) in [6, 6.07) is 17.1. The Morgan fingerprint density at radius 2 is 2.07 bits per heavy atom. The largest absolute Gasteiger partial charge is 0.306 e. The van der Waals surface area contributed by atoms with E-state index in [0.29, 0.717) is 12.3 Å². The monoisotopic (exact) mass is 470 g/mol. The Hall–Kier alpha value is -1.95. The maximum atomic E-state index is 12.6. The number of fused-ring (bicyclic) bond motifs is 1. The highest BCUT2D eigenvalue weighted by molar-refractivity contribution is 14.1. The molecule has 1 aliphatic heterocycles. The molecule has 2 atom stereocenters. The number of benzene rings is 2. The standard InChI is InChI=1S/C23H23IN2O/c1-3-17(13-16-7-4-6-15(2)12-16)21-14-22(27)26(21)20-10-9-19(24)18-8-5-11-25-23(18)20/h4-12,17,21H,3,13-14H2,1-2H3/t17-,21+/m0/s1. The highest BCUT2D eigenvalue weighted by Gasteiger charge is 2.42. The maximum Gasteiger partial charge on any atom is 0.229 e. The van der Waals surface area contributed by atoms with E-state index in [1.165, 1.54) is 11.1 Å². The molecule has 2 aromatic carbocycles. The van der Waals surface area contributed by atoms with Crippen LogP contribution in [0.15, 0.2) is 54.7 Å². The van der Waals surface area contributed by atoms with Crippen molar-refractivity contribution in [2.24, 2.45) is 5.92 Å². The normalized spacial score (nSPS) is 17.8. The minimum atomic E-state index is 0.204. The van der Waals surface area contributed by atoms with E-state index in [9.17, 15) is 4.79 Å². The van der Waals surface area contributed by atoms with Gasteiger partial charge in [-0.3, -0.25) is 9.78 Å². The van der Waals surface area contributed by atoms with Crippen molar-refractivity contribution in [2.45, 2.75) is 39.2 Å². The minimum absolute atomic E-state index is 0.204. The van der Waals surface area contributed by atoms with Crippen LogP contribution in [0.5, 0.6) is 0 Å². The van der Waals surface area contributed by atoms with Crippen LogP contribution < -0.4 is 4.90 Å². The summed E-state index contributed by atoms with van der Waals surface area (Å²) >= 11 is 2.33. The molecule has 0 N–H and O–H groups in total. The Balaban J connectivity index is 1.67. The van der Waals surface area contributed by atoms with Gasteiger partial charge in [0, 0.05) is 27.6 Å². The van der Waals surface area contributed by atoms with E-state index < -0.39 is 0 Å². The summed E-state index contributed by atoms with van der Waals surface area (Å²) in [5, 5.41) is 1.11. The number of anilines is 1. The Morgan fingerprint density at radius 1 is 1.22 bits per heavy atom. The lowest BCUT2D eigenvalue weighted by molar-refractivity contribution is -0.125. The first kappa shape index (κ1) is 18.4. The summed E-state index contributed by atoms with van der Waals surface area (Å²) in [7, 11) is 0. The number of carbonyl (C=O) groups is 1. The molecule has 1 fully saturated rings. The molecule has 2 heterocycles. The molecule has 4 rings (SSSR count). The van der Waals surface area contributed by atoms with E-state index >= 15 is 0 Å². The Morgan fingerprint density at radius 3 is 2.81 bits per heavy atom. The van der Waals surface area contributed by atoms with Crippen molar-refractivity contribution in [3.8, 4) is 0 Å². The summed E-state index contributed by atoms with van der Waals surface area (Å²) in [6.45, 7) is 4.36. The van der Waals surface area contributed by atoms with Gasteiger partial charge < -0.3 is 4.90 Å². The van der Waals surface area contributed by atoms with Crippen molar-refractivity contribution in [1.29, 1.82) is 0 Å². The third kappa shape index (κ3) is 3.47. The lowest BCUT2D eigenvalue weighted by atomic mass is 9.81. The van der Waals surface area contributed by atoms with Gasteiger partial charge >= 0.3 is 0 Å². The molecular formula is C23H23IN2O. The quantitative estimate of drug-likeness (QED) is 0.363. The zero-order chi connectivity index (χ0) is 19.0. The molecular weight excluding hydrogens is 447 g/mol. The van der Waals surface area contributed by atoms with E-state index in [0.717, 1.165) is 33.0 Å². The Labute approximate surface area is 173 Å². The van der Waals surface area contributed by atoms with Crippen LogP contribution in [0, 0.1) is 16.4 Å². The molecule has 0 aliphatic carbocycles. The van der Waals surface area contributed by atoms with Crippen molar-refractivity contribution in [3.05, 3.63) is 69.4 Å². The fourth-order valence-corrected chi connectivity index (χ4v) is 4.76. The van der Waals surface area contributed by atoms with Gasteiger partial charge in [-0.1, -0.05) is 49.2 Å². The molecule has 0 radical (unpaired) electrons. The van der Waals surface area contributed by atoms with Crippen LogP contribution in [0.2, 0.25) is 0 Å². The number of pyridine rings is 1. The number of rotatable bonds is 5. The number of aryl methyl sites for hydroxylation is 1. The van der Waals surface area contributed by atoms with E-state index in [1.807, 2.05) is 17.2 Å². The third-order valence-electron chi connectivity index (χ3n) is 5.59. The molecule has 1 saturated heterocycles. The van der Waals surface area contributed by atoms with Crippen LogP contribution in [0.25, 0.3) is 10.9 Å². The van der Waals surface area contributed by atoms with Gasteiger partial charge in [0.15, 0.2) is 0 Å².